The van der Waals surface area contributed by atoms with E-state index in [9.17, 15) is 0 Å². The standard InChI is InChI=1S/C24H16OS2.C24H14OS2/c2*1-3-7-15(8-4-1)19-20-17-11-13-26-23(17)24-18(12-14-27-24)22(20)25-21(19)16-9-5-2-6-10-16/h1-14,19,21H;1-14H. The summed E-state index contributed by atoms with van der Waals surface area (Å²) in [5.74, 6) is 2.22. The summed E-state index contributed by atoms with van der Waals surface area (Å²) in [4.78, 5) is 0. The highest BCUT2D eigenvalue weighted by atomic mass is 32.1. The van der Waals surface area contributed by atoms with Crippen LogP contribution in [0.25, 0.3) is 73.8 Å². The highest BCUT2D eigenvalue weighted by Crippen LogP contribution is 2.57. The molecule has 0 saturated heterocycles. The number of fused-ring (bicyclic) bond motifs is 12. The van der Waals surface area contributed by atoms with Crippen molar-refractivity contribution in [3.8, 4) is 28.2 Å². The van der Waals surface area contributed by atoms with Crippen molar-refractivity contribution in [2.45, 2.75) is 12.0 Å². The summed E-state index contributed by atoms with van der Waals surface area (Å²) < 4.78 is 18.7. The Labute approximate surface area is 327 Å². The first-order valence-corrected chi connectivity index (χ1v) is 21.5. The van der Waals surface area contributed by atoms with E-state index in [1.54, 1.807) is 11.3 Å². The Kier molecular flexibility index (Phi) is 7.76. The molecule has 0 amide bonds. The van der Waals surface area contributed by atoms with Crippen LogP contribution < -0.4 is 4.74 Å². The van der Waals surface area contributed by atoms with Crippen LogP contribution in [0.3, 0.4) is 0 Å². The van der Waals surface area contributed by atoms with Crippen LogP contribution in [-0.4, -0.2) is 0 Å². The molecule has 0 fully saturated rings. The van der Waals surface area contributed by atoms with Gasteiger partial charge in [0, 0.05) is 43.6 Å². The van der Waals surface area contributed by atoms with E-state index >= 15 is 0 Å². The molecule has 0 aliphatic carbocycles. The summed E-state index contributed by atoms with van der Waals surface area (Å²) >= 11 is 7.26. The third-order valence-electron chi connectivity index (χ3n) is 10.5. The van der Waals surface area contributed by atoms with E-state index in [1.165, 1.54) is 73.5 Å². The minimum Gasteiger partial charge on any atom is -0.484 e. The molecule has 11 aromatic rings. The zero-order valence-electron chi connectivity index (χ0n) is 28.8. The van der Waals surface area contributed by atoms with Gasteiger partial charge >= 0.3 is 0 Å². The van der Waals surface area contributed by atoms with E-state index in [0.717, 1.165) is 22.7 Å². The Morgan fingerprint density at radius 3 is 1.56 bits per heavy atom. The third-order valence-corrected chi connectivity index (χ3v) is 14.5. The van der Waals surface area contributed by atoms with E-state index in [0.29, 0.717) is 0 Å². The monoisotopic (exact) mass is 766 g/mol. The minimum absolute atomic E-state index is 0.00259. The van der Waals surface area contributed by atoms with Gasteiger partial charge in [-0.15, -0.1) is 45.3 Å². The van der Waals surface area contributed by atoms with E-state index in [1.807, 2.05) is 40.1 Å². The maximum absolute atomic E-state index is 6.72. The van der Waals surface area contributed by atoms with Crippen molar-refractivity contribution in [3.05, 3.63) is 184 Å². The zero-order valence-corrected chi connectivity index (χ0v) is 32.0. The van der Waals surface area contributed by atoms with E-state index in [2.05, 4.69) is 161 Å². The molecule has 6 heterocycles. The molecule has 2 nitrogen and oxygen atoms in total. The summed E-state index contributed by atoms with van der Waals surface area (Å²) in [7, 11) is 0. The van der Waals surface area contributed by atoms with Crippen LogP contribution in [0.1, 0.15) is 28.7 Å². The maximum atomic E-state index is 6.72. The van der Waals surface area contributed by atoms with E-state index in [-0.39, 0.29) is 12.0 Å². The number of ether oxygens (including phenoxy) is 1. The summed E-state index contributed by atoms with van der Waals surface area (Å²) in [6, 6.07) is 51.4. The van der Waals surface area contributed by atoms with Crippen LogP contribution in [0.15, 0.2) is 172 Å². The molecule has 258 valence electrons. The lowest BCUT2D eigenvalue weighted by Gasteiger charge is -2.20. The van der Waals surface area contributed by atoms with Crippen molar-refractivity contribution in [3.63, 3.8) is 0 Å². The van der Waals surface area contributed by atoms with Gasteiger partial charge in [-0.1, -0.05) is 121 Å². The molecule has 54 heavy (non-hydrogen) atoms. The molecule has 2 atom stereocenters. The number of furan rings is 1. The Morgan fingerprint density at radius 2 is 0.907 bits per heavy atom. The average Bonchev–Trinajstić information content (AvgIpc) is 4.08. The molecule has 0 saturated carbocycles. The second kappa shape index (κ2) is 13.1. The first-order chi connectivity index (χ1) is 26.8. The Hall–Kier alpha value is -5.50. The number of benzene rings is 6. The van der Waals surface area contributed by atoms with E-state index < -0.39 is 0 Å². The smallest absolute Gasteiger partial charge is 0.144 e. The third kappa shape index (κ3) is 5.02. The van der Waals surface area contributed by atoms with Crippen molar-refractivity contribution in [1.29, 1.82) is 0 Å². The number of rotatable bonds is 4. The topological polar surface area (TPSA) is 22.4 Å². The molecular formula is C48H30O2S4. The molecule has 5 aromatic heterocycles. The molecule has 1 aliphatic rings. The van der Waals surface area contributed by atoms with Crippen molar-refractivity contribution in [1.82, 2.24) is 0 Å². The minimum atomic E-state index is -0.00259. The molecule has 12 rings (SSSR count). The number of hydrogen-bond acceptors (Lipinski definition) is 6. The van der Waals surface area contributed by atoms with Crippen molar-refractivity contribution >= 4 is 96.7 Å². The predicted octanol–water partition coefficient (Wildman–Crippen LogP) is 15.6. The van der Waals surface area contributed by atoms with Crippen molar-refractivity contribution in [2.75, 3.05) is 0 Å². The lowest BCUT2D eigenvalue weighted by atomic mass is 9.83. The van der Waals surface area contributed by atoms with Crippen LogP contribution in [-0.2, 0) is 0 Å². The van der Waals surface area contributed by atoms with Gasteiger partial charge in [0.2, 0.25) is 0 Å². The van der Waals surface area contributed by atoms with Gasteiger partial charge in [0.1, 0.15) is 23.2 Å². The summed E-state index contributed by atoms with van der Waals surface area (Å²) in [5, 5.41) is 15.1. The lowest BCUT2D eigenvalue weighted by Crippen LogP contribution is -2.11. The average molecular weight is 767 g/mol. The summed E-state index contributed by atoms with van der Waals surface area (Å²) in [6.07, 6.45) is -0.00259. The van der Waals surface area contributed by atoms with Crippen LogP contribution in [0.4, 0.5) is 0 Å². The molecule has 6 heteroatoms. The molecule has 0 bridgehead atoms. The fraction of sp³-hybridized carbons (Fsp3) is 0.0417. The van der Waals surface area contributed by atoms with Gasteiger partial charge in [-0.25, -0.2) is 0 Å². The molecule has 0 spiro atoms. The van der Waals surface area contributed by atoms with Crippen LogP contribution in [0.2, 0.25) is 0 Å². The van der Waals surface area contributed by atoms with Gasteiger partial charge < -0.3 is 9.15 Å². The fourth-order valence-electron chi connectivity index (χ4n) is 8.21. The molecule has 2 unspecified atom stereocenters. The summed E-state index contributed by atoms with van der Waals surface area (Å²) in [5.41, 5.74) is 8.37. The van der Waals surface area contributed by atoms with Gasteiger partial charge in [0.15, 0.2) is 0 Å². The first kappa shape index (κ1) is 32.0. The Balaban J connectivity index is 0.000000126. The zero-order chi connectivity index (χ0) is 35.6. The number of hydrogen-bond donors (Lipinski definition) is 0. The second-order valence-electron chi connectivity index (χ2n) is 13.5. The molecule has 0 N–H and O–H groups in total. The largest absolute Gasteiger partial charge is 0.484 e. The lowest BCUT2D eigenvalue weighted by molar-refractivity contribution is 0.225. The normalized spacial score (nSPS) is 15.2. The summed E-state index contributed by atoms with van der Waals surface area (Å²) in [6.45, 7) is 0. The predicted molar refractivity (Wildman–Crippen MR) is 233 cm³/mol. The van der Waals surface area contributed by atoms with Gasteiger partial charge in [-0.05, 0) is 62.5 Å². The second-order valence-corrected chi connectivity index (χ2v) is 17.1. The molecule has 6 aromatic carbocycles. The highest BCUT2D eigenvalue weighted by molar-refractivity contribution is 7.26. The quantitative estimate of drug-likeness (QED) is 0.178. The molecular weight excluding hydrogens is 737 g/mol. The van der Waals surface area contributed by atoms with E-state index in [4.69, 9.17) is 9.15 Å². The Bertz CT molecular complexity index is 3080. The highest BCUT2D eigenvalue weighted by Gasteiger charge is 2.39. The van der Waals surface area contributed by atoms with Gasteiger partial charge in [-0.2, -0.15) is 0 Å². The van der Waals surface area contributed by atoms with Crippen molar-refractivity contribution < 1.29 is 9.15 Å². The SMILES string of the molecule is c1ccc(-c2oc3c4ccsc4c4sccc4c3c2-c2ccccc2)cc1.c1ccc(C2Oc3c(c4ccsc4c4sccc34)C2c2ccccc2)cc1. The molecule has 1 aliphatic heterocycles. The van der Waals surface area contributed by atoms with Gasteiger partial charge in [0.25, 0.3) is 0 Å². The first-order valence-electron chi connectivity index (χ1n) is 17.9. The van der Waals surface area contributed by atoms with Gasteiger partial charge in [0.05, 0.1) is 24.7 Å². The van der Waals surface area contributed by atoms with Crippen LogP contribution in [0.5, 0.6) is 5.75 Å². The van der Waals surface area contributed by atoms with Crippen LogP contribution in [0, 0.1) is 0 Å². The maximum Gasteiger partial charge on any atom is 0.144 e. The van der Waals surface area contributed by atoms with Gasteiger partial charge in [-0.3, -0.25) is 0 Å². The fourth-order valence-corrected chi connectivity index (χ4v) is 12.2. The van der Waals surface area contributed by atoms with Crippen molar-refractivity contribution in [2.24, 2.45) is 0 Å². The molecule has 0 radical (unpaired) electrons. The number of thiophene rings is 4. The van der Waals surface area contributed by atoms with Crippen LogP contribution >= 0.6 is 45.3 Å². The Morgan fingerprint density at radius 1 is 0.426 bits per heavy atom.